The molecule has 0 aromatic carbocycles. The zero-order chi connectivity index (χ0) is 11.0. The fourth-order valence-corrected chi connectivity index (χ4v) is 1.85. The Labute approximate surface area is 88.1 Å². The fourth-order valence-electron chi connectivity index (χ4n) is 1.85. The predicted molar refractivity (Wildman–Crippen MR) is 61.3 cm³/mol. The Morgan fingerprint density at radius 1 is 1.29 bits per heavy atom. The van der Waals surface area contributed by atoms with Crippen LogP contribution < -0.4 is 11.1 Å². The number of aliphatic hydroxyl groups excluding tert-OH is 1. The quantitative estimate of drug-likeness (QED) is 0.519. The average molecular weight is 202 g/mol. The molecule has 0 aliphatic rings. The third-order valence-corrected chi connectivity index (χ3v) is 3.17. The molecule has 86 valence electrons. The maximum absolute atomic E-state index is 9.73. The monoisotopic (exact) mass is 202 g/mol. The van der Waals surface area contributed by atoms with Gasteiger partial charge in [0.15, 0.2) is 0 Å². The molecular weight excluding hydrogens is 176 g/mol. The summed E-state index contributed by atoms with van der Waals surface area (Å²) >= 11 is 0. The number of rotatable bonds is 8. The highest BCUT2D eigenvalue weighted by molar-refractivity contribution is 4.90. The van der Waals surface area contributed by atoms with Gasteiger partial charge >= 0.3 is 0 Å². The van der Waals surface area contributed by atoms with E-state index >= 15 is 0 Å². The smallest absolute Gasteiger partial charge is 0.0693 e. The van der Waals surface area contributed by atoms with Crippen molar-refractivity contribution >= 4 is 0 Å². The second-order valence-corrected chi connectivity index (χ2v) is 3.96. The molecule has 3 nitrogen and oxygen atoms in total. The SMILES string of the molecule is CCC(CC)(NCCCCN)C(C)O. The van der Waals surface area contributed by atoms with Crippen LogP contribution >= 0.6 is 0 Å². The molecule has 0 aliphatic carbocycles. The number of aliphatic hydroxyl groups is 1. The number of nitrogens with two attached hydrogens (primary N) is 1. The molecule has 0 rings (SSSR count). The Morgan fingerprint density at radius 2 is 1.86 bits per heavy atom. The highest BCUT2D eigenvalue weighted by Crippen LogP contribution is 2.19. The third kappa shape index (κ3) is 3.95. The van der Waals surface area contributed by atoms with Gasteiger partial charge in [-0.05, 0) is 45.7 Å². The Hall–Kier alpha value is -0.120. The topological polar surface area (TPSA) is 58.3 Å². The molecule has 0 amide bonds. The molecule has 0 aromatic heterocycles. The molecule has 1 atom stereocenters. The zero-order valence-electron chi connectivity index (χ0n) is 9.84. The molecule has 0 bridgehead atoms. The Kier molecular flexibility index (Phi) is 7.15. The van der Waals surface area contributed by atoms with Crippen molar-refractivity contribution in [3.05, 3.63) is 0 Å². The normalized spacial score (nSPS) is 14.4. The fraction of sp³-hybridized carbons (Fsp3) is 1.00. The van der Waals surface area contributed by atoms with E-state index in [2.05, 4.69) is 19.2 Å². The van der Waals surface area contributed by atoms with Crippen molar-refractivity contribution < 1.29 is 5.11 Å². The number of unbranched alkanes of at least 4 members (excludes halogenated alkanes) is 1. The first-order chi connectivity index (χ1) is 6.63. The van der Waals surface area contributed by atoms with Gasteiger partial charge in [-0.3, -0.25) is 0 Å². The minimum Gasteiger partial charge on any atom is -0.391 e. The van der Waals surface area contributed by atoms with Gasteiger partial charge in [-0.2, -0.15) is 0 Å². The van der Waals surface area contributed by atoms with Gasteiger partial charge in [0.25, 0.3) is 0 Å². The number of nitrogens with one attached hydrogen (secondary N) is 1. The van der Waals surface area contributed by atoms with Crippen LogP contribution in [-0.2, 0) is 0 Å². The molecule has 0 radical (unpaired) electrons. The van der Waals surface area contributed by atoms with Crippen molar-refractivity contribution in [3.63, 3.8) is 0 Å². The van der Waals surface area contributed by atoms with Crippen LogP contribution in [0.15, 0.2) is 0 Å². The molecule has 0 saturated heterocycles. The standard InChI is InChI=1S/C11H26N2O/c1-4-11(5-2,10(3)14)13-9-7-6-8-12/h10,13-14H,4-9,12H2,1-3H3. The summed E-state index contributed by atoms with van der Waals surface area (Å²) in [6.45, 7) is 7.80. The second-order valence-electron chi connectivity index (χ2n) is 3.96. The third-order valence-electron chi connectivity index (χ3n) is 3.17. The lowest BCUT2D eigenvalue weighted by Crippen LogP contribution is -2.52. The largest absolute Gasteiger partial charge is 0.391 e. The first-order valence-corrected chi connectivity index (χ1v) is 5.76. The van der Waals surface area contributed by atoms with Crippen LogP contribution in [-0.4, -0.2) is 29.8 Å². The molecule has 0 aromatic rings. The summed E-state index contributed by atoms with van der Waals surface area (Å²) in [5.74, 6) is 0. The zero-order valence-corrected chi connectivity index (χ0v) is 9.84. The van der Waals surface area contributed by atoms with Gasteiger partial charge in [0, 0.05) is 5.54 Å². The predicted octanol–water partition coefficient (Wildman–Crippen LogP) is 1.25. The van der Waals surface area contributed by atoms with E-state index in [1.54, 1.807) is 0 Å². The number of hydrogen-bond acceptors (Lipinski definition) is 3. The highest BCUT2D eigenvalue weighted by atomic mass is 16.3. The maximum Gasteiger partial charge on any atom is 0.0693 e. The lowest BCUT2D eigenvalue weighted by molar-refractivity contribution is 0.0672. The average Bonchev–Trinajstić information content (AvgIpc) is 2.18. The molecule has 1 unspecified atom stereocenters. The Morgan fingerprint density at radius 3 is 2.21 bits per heavy atom. The Balaban J connectivity index is 3.95. The van der Waals surface area contributed by atoms with Crippen molar-refractivity contribution in [2.45, 2.75) is 58.1 Å². The summed E-state index contributed by atoms with van der Waals surface area (Å²) in [6.07, 6.45) is 3.77. The lowest BCUT2D eigenvalue weighted by Gasteiger charge is -2.36. The number of hydrogen-bond donors (Lipinski definition) is 3. The van der Waals surface area contributed by atoms with Crippen molar-refractivity contribution in [1.29, 1.82) is 0 Å². The van der Waals surface area contributed by atoms with Crippen LogP contribution in [0, 0.1) is 0 Å². The van der Waals surface area contributed by atoms with Crippen LogP contribution in [0.2, 0.25) is 0 Å². The van der Waals surface area contributed by atoms with Gasteiger partial charge in [0.05, 0.1) is 6.10 Å². The summed E-state index contributed by atoms with van der Waals surface area (Å²) in [4.78, 5) is 0. The van der Waals surface area contributed by atoms with E-state index in [-0.39, 0.29) is 11.6 Å². The lowest BCUT2D eigenvalue weighted by atomic mass is 9.87. The molecule has 4 N–H and O–H groups in total. The van der Waals surface area contributed by atoms with Crippen LogP contribution in [0.5, 0.6) is 0 Å². The van der Waals surface area contributed by atoms with E-state index in [9.17, 15) is 5.11 Å². The second kappa shape index (κ2) is 7.21. The van der Waals surface area contributed by atoms with Crippen LogP contribution in [0.4, 0.5) is 0 Å². The molecule has 0 aliphatic heterocycles. The summed E-state index contributed by atoms with van der Waals surface area (Å²) in [6, 6.07) is 0. The van der Waals surface area contributed by atoms with E-state index in [0.717, 1.165) is 38.8 Å². The molecule has 0 fully saturated rings. The van der Waals surface area contributed by atoms with E-state index in [4.69, 9.17) is 5.73 Å². The van der Waals surface area contributed by atoms with E-state index in [1.807, 2.05) is 6.92 Å². The van der Waals surface area contributed by atoms with Gasteiger partial charge in [-0.25, -0.2) is 0 Å². The van der Waals surface area contributed by atoms with Crippen LogP contribution in [0.3, 0.4) is 0 Å². The van der Waals surface area contributed by atoms with Gasteiger partial charge in [-0.1, -0.05) is 13.8 Å². The summed E-state index contributed by atoms with van der Waals surface area (Å²) in [7, 11) is 0. The van der Waals surface area contributed by atoms with Gasteiger partial charge in [-0.15, -0.1) is 0 Å². The summed E-state index contributed by atoms with van der Waals surface area (Å²) in [5, 5.41) is 13.2. The molecule has 3 heteroatoms. The van der Waals surface area contributed by atoms with Crippen molar-refractivity contribution in [2.75, 3.05) is 13.1 Å². The summed E-state index contributed by atoms with van der Waals surface area (Å²) < 4.78 is 0. The van der Waals surface area contributed by atoms with Gasteiger partial charge in [0.2, 0.25) is 0 Å². The highest BCUT2D eigenvalue weighted by Gasteiger charge is 2.30. The minimum absolute atomic E-state index is 0.103. The van der Waals surface area contributed by atoms with Crippen molar-refractivity contribution in [1.82, 2.24) is 5.32 Å². The first-order valence-electron chi connectivity index (χ1n) is 5.76. The van der Waals surface area contributed by atoms with E-state index in [0.29, 0.717) is 0 Å². The van der Waals surface area contributed by atoms with Crippen molar-refractivity contribution in [2.24, 2.45) is 5.73 Å². The molecular formula is C11H26N2O. The van der Waals surface area contributed by atoms with Crippen molar-refractivity contribution in [3.8, 4) is 0 Å². The molecule has 0 spiro atoms. The maximum atomic E-state index is 9.73. The van der Waals surface area contributed by atoms with Gasteiger partial charge in [0.1, 0.15) is 0 Å². The molecule has 14 heavy (non-hydrogen) atoms. The molecule has 0 heterocycles. The van der Waals surface area contributed by atoms with Crippen LogP contribution in [0.1, 0.15) is 46.5 Å². The Bertz CT molecular complexity index is 133. The minimum atomic E-state index is -0.296. The van der Waals surface area contributed by atoms with E-state index < -0.39 is 0 Å². The summed E-state index contributed by atoms with van der Waals surface area (Å²) in [5.41, 5.74) is 5.32. The van der Waals surface area contributed by atoms with E-state index in [1.165, 1.54) is 0 Å². The first kappa shape index (κ1) is 13.9. The molecule has 0 saturated carbocycles. The van der Waals surface area contributed by atoms with Gasteiger partial charge < -0.3 is 16.2 Å². The van der Waals surface area contributed by atoms with Crippen LogP contribution in [0.25, 0.3) is 0 Å².